The molecule has 1 atom stereocenters. The van der Waals surface area contributed by atoms with Gasteiger partial charge in [0.2, 0.25) is 0 Å². The molecule has 0 amide bonds. The van der Waals surface area contributed by atoms with Crippen LogP contribution in [-0.4, -0.2) is 7.11 Å². The van der Waals surface area contributed by atoms with E-state index in [1.165, 1.54) is 46.8 Å². The highest BCUT2D eigenvalue weighted by Gasteiger charge is 2.38. The van der Waals surface area contributed by atoms with Gasteiger partial charge in [-0.1, -0.05) is 51.6 Å². The summed E-state index contributed by atoms with van der Waals surface area (Å²) in [7, 11) is 1.77. The molecule has 1 aromatic carbocycles. The highest BCUT2D eigenvalue weighted by atomic mass is 79.9. The number of methoxy groups -OCH3 is 1. The normalized spacial score (nSPS) is 19.5. The van der Waals surface area contributed by atoms with Crippen molar-refractivity contribution in [1.29, 1.82) is 0 Å². The van der Waals surface area contributed by atoms with Crippen molar-refractivity contribution in [2.45, 2.75) is 51.3 Å². The van der Waals surface area contributed by atoms with Crippen molar-refractivity contribution in [2.24, 2.45) is 5.41 Å². The number of aryl methyl sites for hydroxylation is 1. The van der Waals surface area contributed by atoms with Gasteiger partial charge in [0.25, 0.3) is 0 Å². The van der Waals surface area contributed by atoms with Crippen LogP contribution in [0.2, 0.25) is 0 Å². The molecule has 3 heteroatoms. The van der Waals surface area contributed by atoms with Gasteiger partial charge >= 0.3 is 0 Å². The molecular formula is C16H22Br2O. The quantitative estimate of drug-likeness (QED) is 0.568. The van der Waals surface area contributed by atoms with E-state index in [0.717, 1.165) is 5.75 Å². The molecule has 0 aromatic heterocycles. The summed E-state index contributed by atoms with van der Waals surface area (Å²) in [5, 5.41) is 0. The van der Waals surface area contributed by atoms with E-state index in [-0.39, 0.29) is 0 Å². The molecule has 0 heterocycles. The highest BCUT2D eigenvalue weighted by molar-refractivity contribution is 9.10. The van der Waals surface area contributed by atoms with Crippen molar-refractivity contribution in [3.8, 4) is 5.75 Å². The molecular weight excluding hydrogens is 368 g/mol. The van der Waals surface area contributed by atoms with E-state index in [9.17, 15) is 0 Å². The Balaban J connectivity index is 2.54. The Morgan fingerprint density at radius 1 is 1.26 bits per heavy atom. The molecule has 19 heavy (non-hydrogen) atoms. The summed E-state index contributed by atoms with van der Waals surface area (Å²) < 4.78 is 6.86. The van der Waals surface area contributed by atoms with Crippen molar-refractivity contribution < 1.29 is 4.74 Å². The van der Waals surface area contributed by atoms with E-state index in [1.54, 1.807) is 7.11 Å². The zero-order valence-electron chi connectivity index (χ0n) is 12.1. The SMILES string of the molecule is COc1c(C)cc(Br)c(C)c1C(Br)C1(C)CCCC1. The minimum Gasteiger partial charge on any atom is -0.496 e. The molecule has 106 valence electrons. The van der Waals surface area contributed by atoms with Crippen LogP contribution >= 0.6 is 31.9 Å². The predicted octanol–water partition coefficient (Wildman–Crippen LogP) is 6.09. The first-order valence-corrected chi connectivity index (χ1v) is 8.59. The second kappa shape index (κ2) is 5.77. The fourth-order valence-electron chi connectivity index (χ4n) is 3.24. The molecule has 1 aromatic rings. The number of halogens is 2. The predicted molar refractivity (Wildman–Crippen MR) is 88.4 cm³/mol. The number of hydrogen-bond donors (Lipinski definition) is 0. The highest BCUT2D eigenvalue weighted by Crippen LogP contribution is 2.55. The molecule has 2 rings (SSSR count). The molecule has 0 spiro atoms. The summed E-state index contributed by atoms with van der Waals surface area (Å²) >= 11 is 7.66. The van der Waals surface area contributed by atoms with E-state index in [0.29, 0.717) is 10.2 Å². The zero-order chi connectivity index (χ0) is 14.2. The summed E-state index contributed by atoms with van der Waals surface area (Å²) in [5.74, 6) is 1.04. The number of benzene rings is 1. The Hall–Kier alpha value is -0.0200. The fraction of sp³-hybridized carbons (Fsp3) is 0.625. The molecule has 1 nitrogen and oxygen atoms in total. The summed E-state index contributed by atoms with van der Waals surface area (Å²) in [6.45, 7) is 6.69. The second-order valence-corrected chi connectivity index (χ2v) is 7.74. The lowest BCUT2D eigenvalue weighted by molar-refractivity contribution is 0.321. The maximum atomic E-state index is 5.69. The monoisotopic (exact) mass is 388 g/mol. The Labute approximate surface area is 133 Å². The van der Waals surface area contributed by atoms with Crippen molar-refractivity contribution in [3.63, 3.8) is 0 Å². The van der Waals surface area contributed by atoms with Crippen molar-refractivity contribution in [1.82, 2.24) is 0 Å². The third-order valence-corrected chi connectivity index (χ3v) is 6.91. The van der Waals surface area contributed by atoms with Crippen LogP contribution in [-0.2, 0) is 0 Å². The van der Waals surface area contributed by atoms with Gasteiger partial charge in [0.05, 0.1) is 7.11 Å². The summed E-state index contributed by atoms with van der Waals surface area (Å²) in [6.07, 6.45) is 5.26. The average Bonchev–Trinajstić information content (AvgIpc) is 2.81. The van der Waals surface area contributed by atoms with Crippen LogP contribution in [0.1, 0.15) is 54.1 Å². The first-order chi connectivity index (χ1) is 8.90. The molecule has 1 saturated carbocycles. The van der Waals surface area contributed by atoms with Crippen LogP contribution in [0.5, 0.6) is 5.75 Å². The van der Waals surface area contributed by atoms with E-state index < -0.39 is 0 Å². The van der Waals surface area contributed by atoms with Crippen LogP contribution in [0.3, 0.4) is 0 Å². The lowest BCUT2D eigenvalue weighted by Crippen LogP contribution is -2.19. The maximum Gasteiger partial charge on any atom is 0.126 e. The van der Waals surface area contributed by atoms with Crippen LogP contribution in [0.15, 0.2) is 10.5 Å². The van der Waals surface area contributed by atoms with Gasteiger partial charge in [-0.05, 0) is 49.3 Å². The van der Waals surface area contributed by atoms with Crippen molar-refractivity contribution in [3.05, 3.63) is 27.2 Å². The molecule has 1 aliphatic carbocycles. The van der Waals surface area contributed by atoms with Gasteiger partial charge < -0.3 is 4.74 Å². The van der Waals surface area contributed by atoms with Gasteiger partial charge in [0.1, 0.15) is 5.75 Å². The molecule has 0 saturated heterocycles. The second-order valence-electron chi connectivity index (χ2n) is 5.97. The fourth-order valence-corrected chi connectivity index (χ4v) is 4.80. The van der Waals surface area contributed by atoms with Crippen molar-refractivity contribution in [2.75, 3.05) is 7.11 Å². The van der Waals surface area contributed by atoms with E-state index >= 15 is 0 Å². The standard InChI is InChI=1S/C16H22Br2O/c1-10-9-12(17)11(2)13(14(10)19-4)15(18)16(3)7-5-6-8-16/h9,15H,5-8H2,1-4H3. The maximum absolute atomic E-state index is 5.69. The number of ether oxygens (including phenoxy) is 1. The van der Waals surface area contributed by atoms with Gasteiger partial charge in [-0.15, -0.1) is 0 Å². The molecule has 0 radical (unpaired) electrons. The lowest BCUT2D eigenvalue weighted by Gasteiger charge is -2.33. The summed E-state index contributed by atoms with van der Waals surface area (Å²) in [5.41, 5.74) is 4.14. The van der Waals surface area contributed by atoms with Gasteiger partial charge in [0, 0.05) is 14.9 Å². The Morgan fingerprint density at radius 3 is 2.37 bits per heavy atom. The minimum atomic E-state index is 0.339. The summed E-state index contributed by atoms with van der Waals surface area (Å²) in [4.78, 5) is 0.355. The van der Waals surface area contributed by atoms with Gasteiger partial charge in [-0.25, -0.2) is 0 Å². The van der Waals surface area contributed by atoms with Gasteiger partial charge in [-0.2, -0.15) is 0 Å². The van der Waals surface area contributed by atoms with Gasteiger partial charge in [-0.3, -0.25) is 0 Å². The van der Waals surface area contributed by atoms with E-state index in [2.05, 4.69) is 58.7 Å². The third-order valence-electron chi connectivity index (χ3n) is 4.52. The topological polar surface area (TPSA) is 9.23 Å². The molecule has 0 aliphatic heterocycles. The smallest absolute Gasteiger partial charge is 0.126 e. The number of rotatable bonds is 3. The minimum absolute atomic E-state index is 0.339. The third kappa shape index (κ3) is 2.73. The van der Waals surface area contributed by atoms with E-state index in [1.807, 2.05) is 0 Å². The van der Waals surface area contributed by atoms with Crippen LogP contribution < -0.4 is 4.74 Å². The van der Waals surface area contributed by atoms with Crippen LogP contribution in [0.25, 0.3) is 0 Å². The zero-order valence-corrected chi connectivity index (χ0v) is 15.3. The first-order valence-electron chi connectivity index (χ1n) is 6.88. The Bertz CT molecular complexity index is 476. The lowest BCUT2D eigenvalue weighted by atomic mass is 9.80. The van der Waals surface area contributed by atoms with Crippen LogP contribution in [0.4, 0.5) is 0 Å². The molecule has 0 N–H and O–H groups in total. The molecule has 1 fully saturated rings. The number of alkyl halides is 1. The molecule has 1 unspecified atom stereocenters. The average molecular weight is 390 g/mol. The molecule has 1 aliphatic rings. The summed E-state index contributed by atoms with van der Waals surface area (Å²) in [6, 6.07) is 2.15. The Kier molecular flexibility index (Phi) is 4.67. The largest absolute Gasteiger partial charge is 0.496 e. The Morgan fingerprint density at radius 2 is 1.84 bits per heavy atom. The van der Waals surface area contributed by atoms with Crippen LogP contribution in [0, 0.1) is 19.3 Å². The van der Waals surface area contributed by atoms with Crippen molar-refractivity contribution >= 4 is 31.9 Å². The molecule has 0 bridgehead atoms. The first kappa shape index (κ1) is 15.4. The number of hydrogen-bond acceptors (Lipinski definition) is 1. The van der Waals surface area contributed by atoms with Gasteiger partial charge in [0.15, 0.2) is 0 Å². The van der Waals surface area contributed by atoms with E-state index in [4.69, 9.17) is 4.74 Å².